The molecule has 0 atom stereocenters. The summed E-state index contributed by atoms with van der Waals surface area (Å²) in [5.41, 5.74) is 8.13. The maximum absolute atomic E-state index is 6.94. The zero-order chi connectivity index (χ0) is 12.8. The molecule has 3 rings (SSSR count). The normalized spacial score (nSPS) is 13.1. The van der Waals surface area contributed by atoms with Gasteiger partial charge in [0.1, 0.15) is 5.84 Å². The van der Waals surface area contributed by atoms with Crippen molar-refractivity contribution in [3.8, 4) is 0 Å². The zero-order valence-corrected chi connectivity index (χ0v) is 11.0. The largest absolute Gasteiger partial charge is 0.383 e. The fourth-order valence-electron chi connectivity index (χ4n) is 1.85. The summed E-state index contributed by atoms with van der Waals surface area (Å²) >= 11 is 1.48. The van der Waals surface area contributed by atoms with Gasteiger partial charge in [-0.2, -0.15) is 0 Å². The lowest BCUT2D eigenvalue weighted by molar-refractivity contribution is 0.644. The highest BCUT2D eigenvalue weighted by molar-refractivity contribution is 7.12. The average molecular weight is 259 g/mol. The maximum Gasteiger partial charge on any atom is 0.133 e. The Hall–Kier alpha value is -1.65. The number of thiophene rings is 1. The highest BCUT2D eigenvalue weighted by Crippen LogP contribution is 2.11. The van der Waals surface area contributed by atoms with Gasteiger partial charge in [-0.1, -0.05) is 30.3 Å². The van der Waals surface area contributed by atoms with Crippen molar-refractivity contribution in [3.63, 3.8) is 0 Å². The van der Waals surface area contributed by atoms with Crippen LogP contribution in [-0.4, -0.2) is 12.4 Å². The van der Waals surface area contributed by atoms with E-state index in [0.717, 1.165) is 18.0 Å². The van der Waals surface area contributed by atoms with E-state index in [2.05, 4.69) is 29.6 Å². The molecule has 2 aromatic rings. The minimum Gasteiger partial charge on any atom is -0.383 e. The molecule has 1 aromatic heterocycles. The van der Waals surface area contributed by atoms with Crippen molar-refractivity contribution in [3.05, 3.63) is 57.8 Å². The Morgan fingerprint density at radius 3 is 2.50 bits per heavy atom. The minimum absolute atomic E-state index is 0.153. The van der Waals surface area contributed by atoms with Crippen LogP contribution in [0, 0.1) is 5.41 Å². The number of nitrogens with two attached hydrogens (primary N) is 1. The SMILES string of the molecule is N=C(N)c1cccs1.c1ccc2c(c1)CCNC2. The third-order valence-corrected chi connectivity index (χ3v) is 3.69. The summed E-state index contributed by atoms with van der Waals surface area (Å²) in [5, 5.41) is 12.2. The standard InChI is InChI=1S/C9H11N.C5H6N2S/c1-2-4-9-7-10-6-5-8(9)3-1;6-5(7)4-2-1-3-8-4/h1-4,10H,5-7H2;1-3H,(H3,6,7). The molecule has 18 heavy (non-hydrogen) atoms. The van der Waals surface area contributed by atoms with Gasteiger partial charge in [0.15, 0.2) is 0 Å². The van der Waals surface area contributed by atoms with Gasteiger partial charge in [-0.25, -0.2) is 0 Å². The van der Waals surface area contributed by atoms with Crippen molar-refractivity contribution in [1.82, 2.24) is 5.32 Å². The molecule has 0 saturated heterocycles. The van der Waals surface area contributed by atoms with E-state index in [1.54, 1.807) is 0 Å². The van der Waals surface area contributed by atoms with Crippen molar-refractivity contribution in [2.24, 2.45) is 5.73 Å². The van der Waals surface area contributed by atoms with E-state index >= 15 is 0 Å². The van der Waals surface area contributed by atoms with E-state index in [9.17, 15) is 0 Å². The maximum atomic E-state index is 6.94. The molecule has 0 spiro atoms. The molecule has 3 nitrogen and oxygen atoms in total. The molecular weight excluding hydrogens is 242 g/mol. The third kappa shape index (κ3) is 3.42. The topological polar surface area (TPSA) is 61.9 Å². The highest BCUT2D eigenvalue weighted by Gasteiger charge is 2.05. The van der Waals surface area contributed by atoms with Crippen LogP contribution in [0.4, 0.5) is 0 Å². The van der Waals surface area contributed by atoms with Gasteiger partial charge in [0.05, 0.1) is 4.88 Å². The lowest BCUT2D eigenvalue weighted by Gasteiger charge is -2.15. The molecular formula is C14H17N3S. The van der Waals surface area contributed by atoms with Crippen LogP contribution in [0.1, 0.15) is 16.0 Å². The van der Waals surface area contributed by atoms with Crippen LogP contribution in [-0.2, 0) is 13.0 Å². The smallest absolute Gasteiger partial charge is 0.133 e. The van der Waals surface area contributed by atoms with E-state index in [4.69, 9.17) is 11.1 Å². The molecule has 1 aromatic carbocycles. The number of fused-ring (bicyclic) bond motifs is 1. The molecule has 0 radical (unpaired) electrons. The number of hydrogen-bond donors (Lipinski definition) is 3. The molecule has 0 fully saturated rings. The number of nitrogens with one attached hydrogen (secondary N) is 2. The first-order valence-electron chi connectivity index (χ1n) is 5.93. The summed E-state index contributed by atoms with van der Waals surface area (Å²) in [4.78, 5) is 0.838. The number of amidine groups is 1. The van der Waals surface area contributed by atoms with E-state index in [0.29, 0.717) is 0 Å². The van der Waals surface area contributed by atoms with Crippen molar-refractivity contribution in [2.45, 2.75) is 13.0 Å². The second kappa shape index (κ2) is 6.33. The van der Waals surface area contributed by atoms with Gasteiger partial charge in [-0.3, -0.25) is 5.41 Å². The number of hydrogen-bond acceptors (Lipinski definition) is 3. The quantitative estimate of drug-likeness (QED) is 0.544. The van der Waals surface area contributed by atoms with E-state index in [1.807, 2.05) is 17.5 Å². The lowest BCUT2D eigenvalue weighted by atomic mass is 10.0. The molecule has 0 bridgehead atoms. The summed E-state index contributed by atoms with van der Waals surface area (Å²) in [6, 6.07) is 12.3. The van der Waals surface area contributed by atoms with Gasteiger partial charge in [0.25, 0.3) is 0 Å². The fourth-order valence-corrected chi connectivity index (χ4v) is 2.44. The zero-order valence-electron chi connectivity index (χ0n) is 10.1. The van der Waals surface area contributed by atoms with E-state index < -0.39 is 0 Å². The Labute approximate surface area is 111 Å². The molecule has 0 amide bonds. The molecule has 4 heteroatoms. The molecule has 0 saturated carbocycles. The van der Waals surface area contributed by atoms with Gasteiger partial charge in [-0.15, -0.1) is 11.3 Å². The van der Waals surface area contributed by atoms with Crippen LogP contribution in [0.5, 0.6) is 0 Å². The molecule has 2 heterocycles. The molecule has 1 aliphatic rings. The molecule has 1 aliphatic heterocycles. The Morgan fingerprint density at radius 1 is 1.17 bits per heavy atom. The average Bonchev–Trinajstić information content (AvgIpc) is 2.94. The van der Waals surface area contributed by atoms with Gasteiger partial charge >= 0.3 is 0 Å². The number of benzene rings is 1. The summed E-state index contributed by atoms with van der Waals surface area (Å²) in [5.74, 6) is 0.153. The van der Waals surface area contributed by atoms with Crippen LogP contribution in [0.3, 0.4) is 0 Å². The first-order chi connectivity index (χ1) is 8.77. The highest BCUT2D eigenvalue weighted by atomic mass is 32.1. The van der Waals surface area contributed by atoms with Gasteiger partial charge < -0.3 is 11.1 Å². The van der Waals surface area contributed by atoms with E-state index in [-0.39, 0.29) is 5.84 Å². The van der Waals surface area contributed by atoms with Crippen molar-refractivity contribution in [2.75, 3.05) is 6.54 Å². The Bertz CT molecular complexity index is 481. The lowest BCUT2D eigenvalue weighted by Crippen LogP contribution is -2.23. The summed E-state index contributed by atoms with van der Waals surface area (Å²) in [7, 11) is 0. The number of nitrogen functional groups attached to an aromatic ring is 1. The number of rotatable bonds is 1. The second-order valence-electron chi connectivity index (χ2n) is 4.09. The summed E-state index contributed by atoms with van der Waals surface area (Å²) in [6.07, 6.45) is 1.19. The molecule has 0 aliphatic carbocycles. The fraction of sp³-hybridized carbons (Fsp3) is 0.214. The van der Waals surface area contributed by atoms with Crippen LogP contribution in [0.2, 0.25) is 0 Å². The first-order valence-corrected chi connectivity index (χ1v) is 6.81. The monoisotopic (exact) mass is 259 g/mol. The Balaban J connectivity index is 0.000000138. The van der Waals surface area contributed by atoms with Crippen LogP contribution in [0.25, 0.3) is 0 Å². The minimum atomic E-state index is 0.153. The van der Waals surface area contributed by atoms with Gasteiger partial charge in [-0.05, 0) is 35.5 Å². The van der Waals surface area contributed by atoms with Crippen LogP contribution < -0.4 is 11.1 Å². The predicted molar refractivity (Wildman–Crippen MR) is 77.2 cm³/mol. The van der Waals surface area contributed by atoms with Crippen LogP contribution >= 0.6 is 11.3 Å². The van der Waals surface area contributed by atoms with Gasteiger partial charge in [0.2, 0.25) is 0 Å². The van der Waals surface area contributed by atoms with E-state index in [1.165, 1.54) is 28.9 Å². The first kappa shape index (κ1) is 12.8. The molecule has 94 valence electrons. The summed E-state index contributed by atoms with van der Waals surface area (Å²) in [6.45, 7) is 2.19. The van der Waals surface area contributed by atoms with Gasteiger partial charge in [0, 0.05) is 6.54 Å². The predicted octanol–water partition coefficient (Wildman–Crippen LogP) is 2.36. The molecule has 0 unspecified atom stereocenters. The van der Waals surface area contributed by atoms with Crippen molar-refractivity contribution >= 4 is 17.2 Å². The Morgan fingerprint density at radius 2 is 1.94 bits per heavy atom. The third-order valence-electron chi connectivity index (χ3n) is 2.79. The summed E-state index contributed by atoms with van der Waals surface area (Å²) < 4.78 is 0. The van der Waals surface area contributed by atoms with Crippen LogP contribution in [0.15, 0.2) is 41.8 Å². The Kier molecular flexibility index (Phi) is 4.50. The second-order valence-corrected chi connectivity index (χ2v) is 5.03. The van der Waals surface area contributed by atoms with Crippen molar-refractivity contribution < 1.29 is 0 Å². The molecule has 4 N–H and O–H groups in total. The van der Waals surface area contributed by atoms with Crippen molar-refractivity contribution in [1.29, 1.82) is 5.41 Å².